The van der Waals surface area contributed by atoms with Crippen LogP contribution in [-0.2, 0) is 6.54 Å². The molecule has 102 valence electrons. The van der Waals surface area contributed by atoms with E-state index in [0.717, 1.165) is 35.6 Å². The SMILES string of the molecule is Cc1ccc(-c2[nH]ncc2CNC2(CO)CCC2)o1. The Morgan fingerprint density at radius 1 is 1.47 bits per heavy atom. The van der Waals surface area contributed by atoms with Crippen molar-refractivity contribution in [1.29, 1.82) is 0 Å². The summed E-state index contributed by atoms with van der Waals surface area (Å²) in [4.78, 5) is 0. The summed E-state index contributed by atoms with van der Waals surface area (Å²) in [5.41, 5.74) is 1.88. The molecule has 0 aliphatic heterocycles. The maximum Gasteiger partial charge on any atom is 0.152 e. The van der Waals surface area contributed by atoms with Crippen molar-refractivity contribution >= 4 is 0 Å². The van der Waals surface area contributed by atoms with Gasteiger partial charge in [0.15, 0.2) is 5.76 Å². The van der Waals surface area contributed by atoms with E-state index in [2.05, 4.69) is 15.5 Å². The molecule has 3 N–H and O–H groups in total. The molecule has 0 atom stereocenters. The van der Waals surface area contributed by atoms with E-state index >= 15 is 0 Å². The van der Waals surface area contributed by atoms with E-state index in [0.29, 0.717) is 6.54 Å². The number of nitrogens with zero attached hydrogens (tertiary/aromatic N) is 1. The van der Waals surface area contributed by atoms with Gasteiger partial charge in [0.25, 0.3) is 0 Å². The first-order chi connectivity index (χ1) is 9.22. The van der Waals surface area contributed by atoms with Gasteiger partial charge in [0.05, 0.1) is 12.8 Å². The van der Waals surface area contributed by atoms with Gasteiger partial charge in [-0.2, -0.15) is 5.10 Å². The smallest absolute Gasteiger partial charge is 0.152 e. The van der Waals surface area contributed by atoms with Gasteiger partial charge in [-0.3, -0.25) is 5.10 Å². The number of aliphatic hydroxyl groups excluding tert-OH is 1. The summed E-state index contributed by atoms with van der Waals surface area (Å²) in [6.07, 6.45) is 5.07. The molecule has 1 saturated carbocycles. The Kier molecular flexibility index (Phi) is 3.16. The van der Waals surface area contributed by atoms with Gasteiger partial charge in [0.2, 0.25) is 0 Å². The number of furan rings is 1. The Labute approximate surface area is 112 Å². The minimum absolute atomic E-state index is 0.0897. The highest BCUT2D eigenvalue weighted by atomic mass is 16.3. The molecular weight excluding hydrogens is 242 g/mol. The van der Waals surface area contributed by atoms with Crippen LogP contribution in [0.15, 0.2) is 22.7 Å². The lowest BCUT2D eigenvalue weighted by Crippen LogP contribution is -2.53. The van der Waals surface area contributed by atoms with Crippen molar-refractivity contribution in [2.75, 3.05) is 6.61 Å². The highest BCUT2D eigenvalue weighted by Gasteiger charge is 2.35. The number of nitrogens with one attached hydrogen (secondary N) is 2. The highest BCUT2D eigenvalue weighted by molar-refractivity contribution is 5.56. The van der Waals surface area contributed by atoms with Gasteiger partial charge in [0.1, 0.15) is 11.5 Å². The maximum atomic E-state index is 9.45. The molecule has 0 spiro atoms. The first-order valence-electron chi connectivity index (χ1n) is 6.67. The molecule has 0 bridgehead atoms. The first kappa shape index (κ1) is 12.4. The van der Waals surface area contributed by atoms with Crippen LogP contribution in [0.3, 0.4) is 0 Å². The maximum absolute atomic E-state index is 9.45. The van der Waals surface area contributed by atoms with Gasteiger partial charge in [-0.05, 0) is 38.3 Å². The van der Waals surface area contributed by atoms with Gasteiger partial charge >= 0.3 is 0 Å². The van der Waals surface area contributed by atoms with E-state index < -0.39 is 0 Å². The Morgan fingerprint density at radius 2 is 2.32 bits per heavy atom. The minimum Gasteiger partial charge on any atom is -0.460 e. The van der Waals surface area contributed by atoms with Crippen molar-refractivity contribution in [1.82, 2.24) is 15.5 Å². The second-order valence-electron chi connectivity index (χ2n) is 5.33. The molecule has 2 heterocycles. The molecule has 1 aliphatic carbocycles. The average molecular weight is 261 g/mol. The van der Waals surface area contributed by atoms with E-state index in [1.165, 1.54) is 6.42 Å². The van der Waals surface area contributed by atoms with E-state index in [1.807, 2.05) is 25.3 Å². The van der Waals surface area contributed by atoms with E-state index in [-0.39, 0.29) is 12.1 Å². The number of aromatic amines is 1. The fourth-order valence-corrected chi connectivity index (χ4v) is 2.50. The number of hydrogen-bond donors (Lipinski definition) is 3. The van der Waals surface area contributed by atoms with Crippen LogP contribution < -0.4 is 5.32 Å². The Balaban J connectivity index is 1.74. The third kappa shape index (κ3) is 2.31. The molecule has 1 fully saturated rings. The van der Waals surface area contributed by atoms with Gasteiger partial charge in [-0.1, -0.05) is 0 Å². The number of aryl methyl sites for hydroxylation is 1. The van der Waals surface area contributed by atoms with E-state index in [9.17, 15) is 5.11 Å². The number of rotatable bonds is 5. The summed E-state index contributed by atoms with van der Waals surface area (Å²) in [7, 11) is 0. The Morgan fingerprint density at radius 3 is 2.89 bits per heavy atom. The van der Waals surface area contributed by atoms with E-state index in [4.69, 9.17) is 4.42 Å². The zero-order valence-electron chi connectivity index (χ0n) is 11.1. The van der Waals surface area contributed by atoms with Crippen LogP contribution in [-0.4, -0.2) is 27.4 Å². The van der Waals surface area contributed by atoms with Crippen LogP contribution in [0.4, 0.5) is 0 Å². The predicted molar refractivity (Wildman–Crippen MR) is 71.5 cm³/mol. The van der Waals surface area contributed by atoms with Gasteiger partial charge in [-0.15, -0.1) is 0 Å². The molecule has 0 radical (unpaired) electrons. The topological polar surface area (TPSA) is 74.1 Å². The molecular formula is C14H19N3O2. The highest BCUT2D eigenvalue weighted by Crippen LogP contribution is 2.32. The lowest BCUT2D eigenvalue weighted by molar-refractivity contribution is 0.0872. The van der Waals surface area contributed by atoms with E-state index in [1.54, 1.807) is 0 Å². The fourth-order valence-electron chi connectivity index (χ4n) is 2.50. The van der Waals surface area contributed by atoms with Crippen LogP contribution in [0.1, 0.15) is 30.6 Å². The molecule has 1 aliphatic rings. The second kappa shape index (κ2) is 4.83. The molecule has 0 aromatic carbocycles. The monoisotopic (exact) mass is 261 g/mol. The number of H-pyrrole nitrogens is 1. The lowest BCUT2D eigenvalue weighted by atomic mass is 9.77. The molecule has 5 heteroatoms. The van der Waals surface area contributed by atoms with Crippen molar-refractivity contribution in [2.24, 2.45) is 0 Å². The normalized spacial score (nSPS) is 17.4. The molecule has 0 saturated heterocycles. The summed E-state index contributed by atoms with van der Waals surface area (Å²) in [6.45, 7) is 2.80. The van der Waals surface area contributed by atoms with Crippen molar-refractivity contribution in [3.8, 4) is 11.5 Å². The molecule has 19 heavy (non-hydrogen) atoms. The standard InChI is InChI=1S/C14H19N3O2/c1-10-3-4-12(19-10)13-11(8-16-17-13)7-15-14(9-18)5-2-6-14/h3-4,8,15,18H,2,5-7,9H2,1H3,(H,16,17). The predicted octanol–water partition coefficient (Wildman–Crippen LogP) is 1.98. The molecule has 0 amide bonds. The average Bonchev–Trinajstić information content (AvgIpc) is 2.96. The van der Waals surface area contributed by atoms with Crippen LogP contribution in [0.25, 0.3) is 11.5 Å². The van der Waals surface area contributed by atoms with Crippen LogP contribution in [0.5, 0.6) is 0 Å². The van der Waals surface area contributed by atoms with Crippen molar-refractivity contribution in [2.45, 2.75) is 38.3 Å². The van der Waals surface area contributed by atoms with Crippen molar-refractivity contribution in [3.63, 3.8) is 0 Å². The largest absolute Gasteiger partial charge is 0.460 e. The minimum atomic E-state index is -0.0897. The first-order valence-corrected chi connectivity index (χ1v) is 6.67. The van der Waals surface area contributed by atoms with Crippen molar-refractivity contribution in [3.05, 3.63) is 29.7 Å². The number of aliphatic hydroxyl groups is 1. The fraction of sp³-hybridized carbons (Fsp3) is 0.500. The third-order valence-corrected chi connectivity index (χ3v) is 3.97. The molecule has 5 nitrogen and oxygen atoms in total. The molecule has 2 aromatic rings. The number of hydrogen-bond acceptors (Lipinski definition) is 4. The Hall–Kier alpha value is -1.59. The van der Waals surface area contributed by atoms with Gasteiger partial charge in [0, 0.05) is 17.6 Å². The zero-order chi connectivity index (χ0) is 13.3. The second-order valence-corrected chi connectivity index (χ2v) is 5.33. The summed E-state index contributed by atoms with van der Waals surface area (Å²) in [5, 5.41) is 20.0. The van der Waals surface area contributed by atoms with Crippen LogP contribution in [0, 0.1) is 6.92 Å². The van der Waals surface area contributed by atoms with Crippen molar-refractivity contribution < 1.29 is 9.52 Å². The summed E-state index contributed by atoms with van der Waals surface area (Å²) in [5.74, 6) is 1.69. The quantitative estimate of drug-likeness (QED) is 0.769. The lowest BCUT2D eigenvalue weighted by Gasteiger charge is -2.41. The van der Waals surface area contributed by atoms with Crippen LogP contribution in [0.2, 0.25) is 0 Å². The summed E-state index contributed by atoms with van der Waals surface area (Å²) in [6, 6.07) is 3.88. The zero-order valence-corrected chi connectivity index (χ0v) is 11.1. The number of aromatic nitrogens is 2. The van der Waals surface area contributed by atoms with Gasteiger partial charge < -0.3 is 14.8 Å². The summed E-state index contributed by atoms with van der Waals surface area (Å²) < 4.78 is 5.62. The third-order valence-electron chi connectivity index (χ3n) is 3.97. The molecule has 3 rings (SSSR count). The molecule has 2 aromatic heterocycles. The van der Waals surface area contributed by atoms with Crippen LogP contribution >= 0.6 is 0 Å². The Bertz CT molecular complexity index is 549. The molecule has 0 unspecified atom stereocenters. The van der Waals surface area contributed by atoms with Gasteiger partial charge in [-0.25, -0.2) is 0 Å². The summed E-state index contributed by atoms with van der Waals surface area (Å²) >= 11 is 0.